The number of rotatable bonds is 8. The first kappa shape index (κ1) is 20.7. The summed E-state index contributed by atoms with van der Waals surface area (Å²) >= 11 is 5.03. The molecule has 0 aliphatic heterocycles. The Morgan fingerprint density at radius 3 is 2.68 bits per heavy atom. The normalized spacial score (nSPS) is 11.7. The molecule has 0 saturated carbocycles. The van der Waals surface area contributed by atoms with Gasteiger partial charge in [0.2, 0.25) is 0 Å². The first-order valence-corrected chi connectivity index (χ1v) is 8.51. The molecule has 2 N–H and O–H groups in total. The largest absolute Gasteiger partial charge is 0.490 e. The van der Waals surface area contributed by atoms with E-state index in [-0.39, 0.29) is 5.91 Å². The molecule has 8 heteroatoms. The minimum Gasteiger partial charge on any atom is -0.490 e. The molecular weight excluding hydrogens is 340 g/mol. The van der Waals surface area contributed by atoms with Crippen molar-refractivity contribution in [2.24, 2.45) is 5.10 Å². The van der Waals surface area contributed by atoms with E-state index in [4.69, 9.17) is 21.7 Å². The van der Waals surface area contributed by atoms with Crippen LogP contribution in [0.2, 0.25) is 0 Å². The summed E-state index contributed by atoms with van der Waals surface area (Å²) in [5.41, 5.74) is 3.54. The highest BCUT2D eigenvalue weighted by Crippen LogP contribution is 2.29. The third-order valence-corrected chi connectivity index (χ3v) is 3.31. The molecule has 1 amide bonds. The number of hydrogen-bond donors (Lipinski definition) is 2. The number of nitrogens with one attached hydrogen (secondary N) is 2. The molecule has 0 heterocycles. The molecule has 0 unspecified atom stereocenters. The SMILES string of the molecule is CCNC(=S)N/N=C\c1ccc(O[C@H](C)C(=O)N(C)C)c(OCC)c1. The quantitative estimate of drug-likeness (QED) is 0.415. The number of ether oxygens (including phenoxy) is 2. The Balaban J connectivity index is 2.86. The van der Waals surface area contributed by atoms with Crippen LogP contribution in [0.25, 0.3) is 0 Å². The summed E-state index contributed by atoms with van der Waals surface area (Å²) in [6.45, 7) is 6.75. The third kappa shape index (κ3) is 6.96. The van der Waals surface area contributed by atoms with Crippen molar-refractivity contribution >= 4 is 29.5 Å². The zero-order chi connectivity index (χ0) is 18.8. The van der Waals surface area contributed by atoms with Crippen LogP contribution < -0.4 is 20.2 Å². The van der Waals surface area contributed by atoms with E-state index in [0.29, 0.717) is 23.2 Å². The van der Waals surface area contributed by atoms with Gasteiger partial charge in [0, 0.05) is 20.6 Å². The van der Waals surface area contributed by atoms with Crippen molar-refractivity contribution in [1.82, 2.24) is 15.6 Å². The van der Waals surface area contributed by atoms with Gasteiger partial charge in [0.25, 0.3) is 5.91 Å². The van der Waals surface area contributed by atoms with Gasteiger partial charge in [0.1, 0.15) is 0 Å². The van der Waals surface area contributed by atoms with Crippen molar-refractivity contribution < 1.29 is 14.3 Å². The zero-order valence-corrected chi connectivity index (χ0v) is 16.1. The number of hydrazone groups is 1. The first-order valence-electron chi connectivity index (χ1n) is 8.10. The molecule has 138 valence electrons. The predicted octanol–water partition coefficient (Wildman–Crippen LogP) is 1.76. The van der Waals surface area contributed by atoms with E-state index in [1.54, 1.807) is 39.4 Å². The number of amides is 1. The second-order valence-corrected chi connectivity index (χ2v) is 5.77. The van der Waals surface area contributed by atoms with Crippen LogP contribution in [0.15, 0.2) is 23.3 Å². The minimum atomic E-state index is -0.604. The summed E-state index contributed by atoms with van der Waals surface area (Å²) < 4.78 is 11.4. The number of thiocarbonyl (C=S) groups is 1. The van der Waals surface area contributed by atoms with Crippen LogP contribution >= 0.6 is 12.2 Å². The lowest BCUT2D eigenvalue weighted by Crippen LogP contribution is -2.35. The van der Waals surface area contributed by atoms with E-state index in [9.17, 15) is 4.79 Å². The summed E-state index contributed by atoms with van der Waals surface area (Å²) in [7, 11) is 3.38. The number of carbonyl (C=O) groups excluding carboxylic acids is 1. The number of nitrogens with zero attached hydrogens (tertiary/aromatic N) is 2. The van der Waals surface area contributed by atoms with Gasteiger partial charge in [-0.3, -0.25) is 10.2 Å². The molecule has 0 fully saturated rings. The molecule has 0 bridgehead atoms. The van der Waals surface area contributed by atoms with Gasteiger partial charge < -0.3 is 19.7 Å². The van der Waals surface area contributed by atoms with Crippen LogP contribution in [0.5, 0.6) is 11.5 Å². The molecule has 0 radical (unpaired) electrons. The molecule has 1 aromatic carbocycles. The lowest BCUT2D eigenvalue weighted by Gasteiger charge is -2.20. The minimum absolute atomic E-state index is 0.116. The monoisotopic (exact) mass is 366 g/mol. The lowest BCUT2D eigenvalue weighted by molar-refractivity contribution is -0.135. The highest BCUT2D eigenvalue weighted by molar-refractivity contribution is 7.80. The van der Waals surface area contributed by atoms with Crippen LogP contribution in [0.4, 0.5) is 0 Å². The van der Waals surface area contributed by atoms with Crippen molar-refractivity contribution in [3.8, 4) is 11.5 Å². The Kier molecular flexibility index (Phi) is 8.69. The zero-order valence-electron chi connectivity index (χ0n) is 15.3. The molecule has 0 aromatic heterocycles. The Morgan fingerprint density at radius 2 is 2.08 bits per heavy atom. The van der Waals surface area contributed by atoms with Crippen LogP contribution in [-0.2, 0) is 4.79 Å². The van der Waals surface area contributed by atoms with Crippen molar-refractivity contribution in [1.29, 1.82) is 0 Å². The summed E-state index contributed by atoms with van der Waals surface area (Å²) in [6, 6.07) is 5.38. The third-order valence-electron chi connectivity index (χ3n) is 3.08. The Hall–Kier alpha value is -2.35. The molecule has 0 aliphatic carbocycles. The number of hydrogen-bond acceptors (Lipinski definition) is 5. The van der Waals surface area contributed by atoms with Crippen LogP contribution in [0.3, 0.4) is 0 Å². The van der Waals surface area contributed by atoms with Crippen molar-refractivity contribution in [2.45, 2.75) is 26.9 Å². The van der Waals surface area contributed by atoms with Crippen LogP contribution in [0, 0.1) is 0 Å². The maximum atomic E-state index is 12.0. The van der Waals surface area contributed by atoms with Gasteiger partial charge in [0.15, 0.2) is 22.7 Å². The van der Waals surface area contributed by atoms with E-state index in [1.165, 1.54) is 4.90 Å². The molecule has 7 nitrogen and oxygen atoms in total. The Morgan fingerprint density at radius 1 is 1.36 bits per heavy atom. The maximum absolute atomic E-state index is 12.0. The van der Waals surface area contributed by atoms with E-state index < -0.39 is 6.10 Å². The molecule has 0 saturated heterocycles. The molecule has 0 spiro atoms. The number of benzene rings is 1. The van der Waals surface area contributed by atoms with Gasteiger partial charge in [-0.25, -0.2) is 0 Å². The van der Waals surface area contributed by atoms with Crippen LogP contribution in [0.1, 0.15) is 26.3 Å². The molecule has 1 atom stereocenters. The predicted molar refractivity (Wildman–Crippen MR) is 103 cm³/mol. The van der Waals surface area contributed by atoms with Gasteiger partial charge in [0.05, 0.1) is 12.8 Å². The number of carbonyl (C=O) groups is 1. The first-order chi connectivity index (χ1) is 11.9. The molecule has 0 aliphatic rings. The fraction of sp³-hybridized carbons (Fsp3) is 0.471. The summed E-state index contributed by atoms with van der Waals surface area (Å²) in [6.07, 6.45) is 1.03. The average molecular weight is 366 g/mol. The topological polar surface area (TPSA) is 75.2 Å². The molecule has 25 heavy (non-hydrogen) atoms. The Labute approximate surface area is 154 Å². The molecular formula is C17H26N4O3S. The van der Waals surface area contributed by atoms with E-state index in [2.05, 4.69) is 15.8 Å². The highest BCUT2D eigenvalue weighted by Gasteiger charge is 2.18. The van der Waals surface area contributed by atoms with Crippen molar-refractivity contribution in [3.05, 3.63) is 23.8 Å². The van der Waals surface area contributed by atoms with Gasteiger partial charge in [-0.05, 0) is 56.8 Å². The van der Waals surface area contributed by atoms with E-state index >= 15 is 0 Å². The van der Waals surface area contributed by atoms with Crippen molar-refractivity contribution in [3.63, 3.8) is 0 Å². The second kappa shape index (κ2) is 10.5. The fourth-order valence-corrected chi connectivity index (χ4v) is 2.14. The van der Waals surface area contributed by atoms with Gasteiger partial charge in [-0.1, -0.05) is 0 Å². The van der Waals surface area contributed by atoms with Gasteiger partial charge >= 0.3 is 0 Å². The van der Waals surface area contributed by atoms with E-state index in [0.717, 1.165) is 12.1 Å². The maximum Gasteiger partial charge on any atom is 0.262 e. The van der Waals surface area contributed by atoms with Gasteiger partial charge in [-0.2, -0.15) is 5.10 Å². The highest BCUT2D eigenvalue weighted by atomic mass is 32.1. The molecule has 1 aromatic rings. The second-order valence-electron chi connectivity index (χ2n) is 5.36. The Bertz CT molecular complexity index is 620. The standard InChI is InChI=1S/C17H26N4O3S/c1-6-18-17(25)20-19-11-13-8-9-14(15(10-13)23-7-2)24-12(3)16(22)21(4)5/h8-12H,6-7H2,1-5H3,(H2,18,20,25)/b19-11-/t12-/m1/s1. The fourth-order valence-electron chi connectivity index (χ4n) is 1.94. The summed E-state index contributed by atoms with van der Waals surface area (Å²) in [5, 5.41) is 7.47. The number of likely N-dealkylation sites (N-methyl/N-ethyl adjacent to an activating group) is 1. The van der Waals surface area contributed by atoms with Crippen molar-refractivity contribution in [2.75, 3.05) is 27.2 Å². The summed E-state index contributed by atoms with van der Waals surface area (Å²) in [5.74, 6) is 0.950. The summed E-state index contributed by atoms with van der Waals surface area (Å²) in [4.78, 5) is 13.4. The molecule has 1 rings (SSSR count). The lowest BCUT2D eigenvalue weighted by atomic mass is 10.2. The van der Waals surface area contributed by atoms with Gasteiger partial charge in [-0.15, -0.1) is 0 Å². The smallest absolute Gasteiger partial charge is 0.262 e. The average Bonchev–Trinajstić information content (AvgIpc) is 2.56. The van der Waals surface area contributed by atoms with E-state index in [1.807, 2.05) is 19.9 Å². The van der Waals surface area contributed by atoms with Crippen LogP contribution in [-0.4, -0.2) is 55.5 Å².